The Morgan fingerprint density at radius 3 is 2.65 bits per heavy atom. The number of amides is 1. The minimum absolute atomic E-state index is 0.0205. The Kier molecular flexibility index (Phi) is 4.59. The van der Waals surface area contributed by atoms with Crippen molar-refractivity contribution in [3.05, 3.63) is 31.8 Å². The average Bonchev–Trinajstić information content (AvgIpc) is 2.32. The smallest absolute Gasteiger partial charge is 0.255 e. The predicted molar refractivity (Wildman–Crippen MR) is 80.6 cm³/mol. The van der Waals surface area contributed by atoms with Gasteiger partial charge in [-0.25, -0.2) is 0 Å². The van der Waals surface area contributed by atoms with Crippen molar-refractivity contribution in [3.63, 3.8) is 0 Å². The zero-order valence-electron chi connectivity index (χ0n) is 8.99. The first kappa shape index (κ1) is 13.5. The molecule has 1 saturated heterocycles. The van der Waals surface area contributed by atoms with Gasteiger partial charge in [0.15, 0.2) is 0 Å². The Morgan fingerprint density at radius 2 is 2.00 bits per heavy atom. The second-order valence-electron chi connectivity index (χ2n) is 3.76. The van der Waals surface area contributed by atoms with Crippen LogP contribution < -0.4 is 0 Å². The summed E-state index contributed by atoms with van der Waals surface area (Å²) >= 11 is 5.59. The fourth-order valence-corrected chi connectivity index (χ4v) is 3.63. The predicted octanol–water partition coefficient (Wildman–Crippen LogP) is 2.26. The highest BCUT2D eigenvalue weighted by molar-refractivity contribution is 14.1. The van der Waals surface area contributed by atoms with E-state index in [1.165, 1.54) is 0 Å². The summed E-state index contributed by atoms with van der Waals surface area (Å²) < 4.78 is 13.1. The van der Waals surface area contributed by atoms with Gasteiger partial charge in [0, 0.05) is 43.4 Å². The molecule has 0 aromatic heterocycles. The molecule has 1 amide bonds. The summed E-state index contributed by atoms with van der Waals surface area (Å²) in [5, 5.41) is 0. The van der Waals surface area contributed by atoms with Crippen LogP contribution >= 0.6 is 38.5 Å². The number of benzene rings is 1. The molecule has 6 heteroatoms. The lowest BCUT2D eigenvalue weighted by Gasteiger charge is -2.26. The third-order valence-electron chi connectivity index (χ3n) is 2.62. The Bertz CT molecular complexity index is 471. The SMILES string of the molecule is O=C(c1cc(I)ccc1Br)N1CCS(=O)CC1. The van der Waals surface area contributed by atoms with Crippen LogP contribution in [0.3, 0.4) is 0 Å². The fraction of sp³-hybridized carbons (Fsp3) is 0.364. The molecule has 0 spiro atoms. The largest absolute Gasteiger partial charge is 0.337 e. The topological polar surface area (TPSA) is 37.4 Å². The van der Waals surface area contributed by atoms with Crippen LogP contribution in [-0.2, 0) is 10.8 Å². The summed E-state index contributed by atoms with van der Waals surface area (Å²) in [6, 6.07) is 5.71. The first-order valence-electron chi connectivity index (χ1n) is 5.17. The lowest BCUT2D eigenvalue weighted by molar-refractivity contribution is 0.0770. The number of rotatable bonds is 1. The maximum atomic E-state index is 12.3. The Labute approximate surface area is 125 Å². The minimum atomic E-state index is -0.751. The molecule has 1 aliphatic rings. The van der Waals surface area contributed by atoms with Crippen LogP contribution in [0, 0.1) is 3.57 Å². The molecular weight excluding hydrogens is 417 g/mol. The van der Waals surface area contributed by atoms with E-state index in [0.29, 0.717) is 30.2 Å². The van der Waals surface area contributed by atoms with E-state index < -0.39 is 10.8 Å². The molecule has 0 N–H and O–H groups in total. The van der Waals surface area contributed by atoms with E-state index in [-0.39, 0.29) is 5.91 Å². The van der Waals surface area contributed by atoms with Gasteiger partial charge in [0.05, 0.1) is 5.56 Å². The monoisotopic (exact) mass is 427 g/mol. The van der Waals surface area contributed by atoms with Crippen molar-refractivity contribution in [2.75, 3.05) is 24.6 Å². The van der Waals surface area contributed by atoms with Gasteiger partial charge in [-0.3, -0.25) is 9.00 Å². The molecule has 1 aliphatic heterocycles. The van der Waals surface area contributed by atoms with Crippen LogP contribution in [0.1, 0.15) is 10.4 Å². The first-order chi connectivity index (χ1) is 8.08. The van der Waals surface area contributed by atoms with Gasteiger partial charge in [-0.1, -0.05) is 0 Å². The molecule has 3 nitrogen and oxygen atoms in total. The van der Waals surface area contributed by atoms with Gasteiger partial charge in [-0.05, 0) is 56.7 Å². The number of hydrogen-bond acceptors (Lipinski definition) is 2. The number of nitrogens with zero attached hydrogens (tertiary/aromatic N) is 1. The highest BCUT2D eigenvalue weighted by Crippen LogP contribution is 2.21. The highest BCUT2D eigenvalue weighted by atomic mass is 127. The third-order valence-corrected chi connectivity index (χ3v) is 5.26. The van der Waals surface area contributed by atoms with E-state index in [1.54, 1.807) is 4.90 Å². The Balaban J connectivity index is 2.19. The summed E-state index contributed by atoms with van der Waals surface area (Å²) in [6.45, 7) is 1.17. The normalized spacial score (nSPS) is 17.2. The van der Waals surface area contributed by atoms with Gasteiger partial charge in [0.1, 0.15) is 0 Å². The molecule has 0 radical (unpaired) electrons. The van der Waals surface area contributed by atoms with E-state index in [4.69, 9.17) is 0 Å². The summed E-state index contributed by atoms with van der Waals surface area (Å²) in [5.74, 6) is 1.20. The molecular formula is C11H11BrINO2S. The molecule has 0 bridgehead atoms. The minimum Gasteiger partial charge on any atom is -0.337 e. The van der Waals surface area contributed by atoms with Gasteiger partial charge < -0.3 is 4.90 Å². The zero-order chi connectivity index (χ0) is 12.4. The standard InChI is InChI=1S/C11H11BrINO2S/c12-10-2-1-8(13)7-9(10)11(15)14-3-5-17(16)6-4-14/h1-2,7H,3-6H2. The van der Waals surface area contributed by atoms with Crippen LogP contribution in [0.25, 0.3) is 0 Å². The lowest BCUT2D eigenvalue weighted by Crippen LogP contribution is -2.41. The van der Waals surface area contributed by atoms with Crippen molar-refractivity contribution in [1.29, 1.82) is 0 Å². The number of halogens is 2. The van der Waals surface area contributed by atoms with Crippen molar-refractivity contribution in [2.45, 2.75) is 0 Å². The van der Waals surface area contributed by atoms with Crippen LogP contribution in [0.5, 0.6) is 0 Å². The van der Waals surface area contributed by atoms with E-state index in [9.17, 15) is 9.00 Å². The second kappa shape index (κ2) is 5.79. The van der Waals surface area contributed by atoms with Crippen molar-refractivity contribution in [1.82, 2.24) is 4.90 Å². The van der Waals surface area contributed by atoms with Crippen molar-refractivity contribution in [3.8, 4) is 0 Å². The summed E-state index contributed by atoms with van der Waals surface area (Å²) in [4.78, 5) is 14.0. The van der Waals surface area contributed by atoms with E-state index >= 15 is 0 Å². The molecule has 2 rings (SSSR count). The lowest BCUT2D eigenvalue weighted by atomic mass is 10.2. The maximum Gasteiger partial charge on any atom is 0.255 e. The molecule has 92 valence electrons. The van der Waals surface area contributed by atoms with E-state index in [2.05, 4.69) is 38.5 Å². The molecule has 17 heavy (non-hydrogen) atoms. The fourth-order valence-electron chi connectivity index (χ4n) is 1.67. The average molecular weight is 428 g/mol. The molecule has 1 aromatic carbocycles. The Morgan fingerprint density at radius 1 is 1.35 bits per heavy atom. The molecule has 1 fully saturated rings. The quantitative estimate of drug-likeness (QED) is 0.644. The number of carbonyl (C=O) groups is 1. The van der Waals surface area contributed by atoms with Crippen LogP contribution in [0.4, 0.5) is 0 Å². The van der Waals surface area contributed by atoms with Gasteiger partial charge in [0.25, 0.3) is 5.91 Å². The van der Waals surface area contributed by atoms with E-state index in [1.807, 2.05) is 18.2 Å². The van der Waals surface area contributed by atoms with Gasteiger partial charge in [0.2, 0.25) is 0 Å². The van der Waals surface area contributed by atoms with Crippen LogP contribution in [0.15, 0.2) is 22.7 Å². The van der Waals surface area contributed by atoms with E-state index in [0.717, 1.165) is 8.04 Å². The first-order valence-corrected chi connectivity index (χ1v) is 8.53. The van der Waals surface area contributed by atoms with Gasteiger partial charge >= 0.3 is 0 Å². The number of hydrogen-bond donors (Lipinski definition) is 0. The van der Waals surface area contributed by atoms with Crippen molar-refractivity contribution >= 4 is 55.2 Å². The van der Waals surface area contributed by atoms with Crippen molar-refractivity contribution in [2.24, 2.45) is 0 Å². The Hall–Kier alpha value is 0.0500. The van der Waals surface area contributed by atoms with Gasteiger partial charge in [-0.15, -0.1) is 0 Å². The highest BCUT2D eigenvalue weighted by Gasteiger charge is 2.22. The van der Waals surface area contributed by atoms with Gasteiger partial charge in [-0.2, -0.15) is 0 Å². The number of carbonyl (C=O) groups excluding carboxylic acids is 1. The molecule has 0 aliphatic carbocycles. The van der Waals surface area contributed by atoms with Crippen LogP contribution in [-0.4, -0.2) is 39.6 Å². The summed E-state index contributed by atoms with van der Waals surface area (Å²) in [7, 11) is -0.751. The molecule has 0 saturated carbocycles. The van der Waals surface area contributed by atoms with Crippen molar-refractivity contribution < 1.29 is 9.00 Å². The molecule has 0 unspecified atom stereocenters. The molecule has 1 aromatic rings. The molecule has 1 heterocycles. The zero-order valence-corrected chi connectivity index (χ0v) is 13.5. The summed E-state index contributed by atoms with van der Waals surface area (Å²) in [5.41, 5.74) is 0.685. The summed E-state index contributed by atoms with van der Waals surface area (Å²) in [6.07, 6.45) is 0. The third kappa shape index (κ3) is 3.29. The molecule has 0 atom stereocenters. The van der Waals surface area contributed by atoms with Crippen LogP contribution in [0.2, 0.25) is 0 Å². The second-order valence-corrected chi connectivity index (χ2v) is 7.56. The maximum absolute atomic E-state index is 12.3.